The van der Waals surface area contributed by atoms with Gasteiger partial charge in [0.15, 0.2) is 0 Å². The van der Waals surface area contributed by atoms with E-state index >= 15 is 0 Å². The molecule has 0 amide bonds. The minimum absolute atomic E-state index is 0.854. The number of rotatable bonds is 0. The van der Waals surface area contributed by atoms with Crippen LogP contribution < -0.4 is 0 Å². The molecule has 0 spiro atoms. The van der Waals surface area contributed by atoms with Gasteiger partial charge in [0.05, 0.1) is 0 Å². The Morgan fingerprint density at radius 2 is 2.30 bits per heavy atom. The van der Waals surface area contributed by atoms with Gasteiger partial charge in [0, 0.05) is 18.8 Å². The van der Waals surface area contributed by atoms with Crippen LogP contribution in [-0.4, -0.2) is 18.0 Å². The van der Waals surface area contributed by atoms with Crippen LogP contribution in [0, 0.1) is 5.92 Å². The SMILES string of the molecule is C=C1CC2CCCC2N1C. The van der Waals surface area contributed by atoms with Gasteiger partial charge in [-0.3, -0.25) is 0 Å². The number of likely N-dealkylation sites (tertiary alicyclic amines) is 1. The smallest absolute Gasteiger partial charge is 0.0315 e. The minimum Gasteiger partial charge on any atom is -0.375 e. The van der Waals surface area contributed by atoms with E-state index in [9.17, 15) is 0 Å². The lowest BCUT2D eigenvalue weighted by Gasteiger charge is -2.20. The molecule has 2 atom stereocenters. The maximum atomic E-state index is 4.04. The second-order valence-electron chi connectivity index (χ2n) is 3.64. The van der Waals surface area contributed by atoms with Crippen LogP contribution in [0.4, 0.5) is 0 Å². The summed E-state index contributed by atoms with van der Waals surface area (Å²) in [5, 5.41) is 0. The molecule has 1 heteroatoms. The molecule has 56 valence electrons. The molecule has 1 aliphatic heterocycles. The Kier molecular flexibility index (Phi) is 1.26. The Balaban J connectivity index is 2.16. The molecule has 2 rings (SSSR count). The van der Waals surface area contributed by atoms with Crippen molar-refractivity contribution in [2.24, 2.45) is 5.92 Å². The molecule has 2 fully saturated rings. The maximum absolute atomic E-state index is 4.04. The van der Waals surface area contributed by atoms with E-state index in [-0.39, 0.29) is 0 Å². The van der Waals surface area contributed by atoms with Gasteiger partial charge in [-0.05, 0) is 25.2 Å². The second kappa shape index (κ2) is 2.01. The summed E-state index contributed by atoms with van der Waals surface area (Å²) in [5.74, 6) is 0.956. The summed E-state index contributed by atoms with van der Waals surface area (Å²) < 4.78 is 0. The van der Waals surface area contributed by atoms with Crippen molar-refractivity contribution in [2.75, 3.05) is 7.05 Å². The zero-order chi connectivity index (χ0) is 7.14. The lowest BCUT2D eigenvalue weighted by Crippen LogP contribution is -2.24. The average molecular weight is 137 g/mol. The Morgan fingerprint density at radius 3 is 3.00 bits per heavy atom. The molecule has 1 heterocycles. The molecule has 1 nitrogen and oxygen atoms in total. The molecule has 0 aromatic carbocycles. The fourth-order valence-electron chi connectivity index (χ4n) is 2.45. The first-order valence-electron chi connectivity index (χ1n) is 4.19. The first-order chi connectivity index (χ1) is 4.79. The zero-order valence-electron chi connectivity index (χ0n) is 6.64. The lowest BCUT2D eigenvalue weighted by molar-refractivity contribution is 0.326. The van der Waals surface area contributed by atoms with Crippen molar-refractivity contribution in [2.45, 2.75) is 31.7 Å². The van der Waals surface area contributed by atoms with Crippen molar-refractivity contribution in [3.05, 3.63) is 12.3 Å². The highest BCUT2D eigenvalue weighted by Crippen LogP contribution is 2.41. The molecule has 0 N–H and O–H groups in total. The first kappa shape index (κ1) is 6.26. The van der Waals surface area contributed by atoms with E-state index in [4.69, 9.17) is 0 Å². The lowest BCUT2D eigenvalue weighted by atomic mass is 10.0. The monoisotopic (exact) mass is 137 g/mol. The highest BCUT2D eigenvalue weighted by Gasteiger charge is 2.36. The van der Waals surface area contributed by atoms with E-state index < -0.39 is 0 Å². The van der Waals surface area contributed by atoms with E-state index in [1.807, 2.05) is 0 Å². The summed E-state index contributed by atoms with van der Waals surface area (Å²) >= 11 is 0. The van der Waals surface area contributed by atoms with Gasteiger partial charge in [-0.15, -0.1) is 0 Å². The minimum atomic E-state index is 0.854. The van der Waals surface area contributed by atoms with Gasteiger partial charge in [0.25, 0.3) is 0 Å². The van der Waals surface area contributed by atoms with Crippen molar-refractivity contribution in [3.8, 4) is 0 Å². The second-order valence-corrected chi connectivity index (χ2v) is 3.64. The molecule has 0 bridgehead atoms. The van der Waals surface area contributed by atoms with E-state index in [2.05, 4.69) is 18.5 Å². The Morgan fingerprint density at radius 1 is 1.50 bits per heavy atom. The zero-order valence-corrected chi connectivity index (χ0v) is 6.64. The van der Waals surface area contributed by atoms with Gasteiger partial charge in [-0.2, -0.15) is 0 Å². The van der Waals surface area contributed by atoms with Gasteiger partial charge < -0.3 is 4.90 Å². The normalized spacial score (nSPS) is 38.9. The standard InChI is InChI=1S/C9H15N/c1-7-6-8-4-3-5-9(8)10(7)2/h8-9H,1,3-6H2,2H3. The van der Waals surface area contributed by atoms with E-state index in [1.54, 1.807) is 0 Å². The van der Waals surface area contributed by atoms with Crippen LogP contribution in [0.2, 0.25) is 0 Å². The van der Waals surface area contributed by atoms with Crippen molar-refractivity contribution >= 4 is 0 Å². The molecule has 2 unspecified atom stereocenters. The molecular weight excluding hydrogens is 122 g/mol. The van der Waals surface area contributed by atoms with E-state index in [1.165, 1.54) is 31.4 Å². The summed E-state index contributed by atoms with van der Waals surface area (Å²) in [6.07, 6.45) is 5.54. The molecule has 0 aromatic heterocycles. The van der Waals surface area contributed by atoms with Crippen molar-refractivity contribution in [1.82, 2.24) is 4.90 Å². The number of hydrogen-bond acceptors (Lipinski definition) is 1. The van der Waals surface area contributed by atoms with Crippen LogP contribution >= 0.6 is 0 Å². The number of hydrogen-bond donors (Lipinski definition) is 0. The topological polar surface area (TPSA) is 3.24 Å². The molecule has 10 heavy (non-hydrogen) atoms. The molecule has 0 radical (unpaired) electrons. The van der Waals surface area contributed by atoms with Crippen molar-refractivity contribution in [1.29, 1.82) is 0 Å². The van der Waals surface area contributed by atoms with Crippen LogP contribution in [-0.2, 0) is 0 Å². The van der Waals surface area contributed by atoms with Crippen LogP contribution in [0.3, 0.4) is 0 Å². The van der Waals surface area contributed by atoms with Gasteiger partial charge in [-0.1, -0.05) is 13.0 Å². The Hall–Kier alpha value is -0.460. The van der Waals surface area contributed by atoms with E-state index in [0.29, 0.717) is 0 Å². The first-order valence-corrected chi connectivity index (χ1v) is 4.19. The fourth-order valence-corrected chi connectivity index (χ4v) is 2.45. The third-order valence-electron chi connectivity index (χ3n) is 3.11. The molecule has 1 saturated heterocycles. The molecule has 1 saturated carbocycles. The summed E-state index contributed by atoms with van der Waals surface area (Å²) in [7, 11) is 2.19. The predicted octanol–water partition coefficient (Wildman–Crippen LogP) is 2.00. The maximum Gasteiger partial charge on any atom is 0.0315 e. The molecule has 0 aromatic rings. The summed E-state index contributed by atoms with van der Waals surface area (Å²) in [5.41, 5.74) is 1.36. The number of allylic oxidation sites excluding steroid dienone is 1. The summed E-state index contributed by atoms with van der Waals surface area (Å²) in [6, 6.07) is 0.854. The van der Waals surface area contributed by atoms with Crippen molar-refractivity contribution < 1.29 is 0 Å². The third-order valence-corrected chi connectivity index (χ3v) is 3.11. The quantitative estimate of drug-likeness (QED) is 0.493. The van der Waals surface area contributed by atoms with Gasteiger partial charge in [0.2, 0.25) is 0 Å². The molecule has 2 aliphatic rings. The van der Waals surface area contributed by atoms with Crippen LogP contribution in [0.25, 0.3) is 0 Å². The fraction of sp³-hybridized carbons (Fsp3) is 0.778. The van der Waals surface area contributed by atoms with Crippen LogP contribution in [0.1, 0.15) is 25.7 Å². The summed E-state index contributed by atoms with van der Waals surface area (Å²) in [6.45, 7) is 4.04. The Bertz CT molecular complexity index is 162. The average Bonchev–Trinajstić information content (AvgIpc) is 2.41. The predicted molar refractivity (Wildman–Crippen MR) is 42.6 cm³/mol. The van der Waals surface area contributed by atoms with Gasteiger partial charge in [-0.25, -0.2) is 0 Å². The largest absolute Gasteiger partial charge is 0.375 e. The molecular formula is C9H15N. The highest BCUT2D eigenvalue weighted by atomic mass is 15.2. The highest BCUT2D eigenvalue weighted by molar-refractivity contribution is 5.08. The third kappa shape index (κ3) is 0.695. The number of fused-ring (bicyclic) bond motifs is 1. The van der Waals surface area contributed by atoms with Crippen molar-refractivity contribution in [3.63, 3.8) is 0 Å². The summed E-state index contributed by atoms with van der Waals surface area (Å²) in [4.78, 5) is 2.39. The van der Waals surface area contributed by atoms with Crippen LogP contribution in [0.15, 0.2) is 12.3 Å². The van der Waals surface area contributed by atoms with Gasteiger partial charge >= 0.3 is 0 Å². The van der Waals surface area contributed by atoms with Gasteiger partial charge in [0.1, 0.15) is 0 Å². The van der Waals surface area contributed by atoms with Crippen LogP contribution in [0.5, 0.6) is 0 Å². The number of nitrogens with zero attached hydrogens (tertiary/aromatic N) is 1. The van der Waals surface area contributed by atoms with E-state index in [0.717, 1.165) is 12.0 Å². The Labute approximate surface area is 62.7 Å². The molecule has 1 aliphatic carbocycles.